The molecule has 2 aliphatic heterocycles. The lowest BCUT2D eigenvalue weighted by molar-refractivity contribution is -0.184. The maximum atomic E-state index is 9.99. The van der Waals surface area contributed by atoms with Crippen LogP contribution < -0.4 is 5.32 Å². The molecule has 2 rings (SSSR count). The Labute approximate surface area is 109 Å². The number of hydrogen-bond donors (Lipinski definition) is 5. The standard InChI is InChI=1S/C10H18N2O5S/c1-4(14)8-7(16)6(15)5-9(17-8)18-10(12-5)11-2-3-13/h4-9,13-16H,2-3H2,1H3,(H,11,12). The van der Waals surface area contributed by atoms with Gasteiger partial charge in [-0.3, -0.25) is 4.99 Å². The molecule has 6 unspecified atom stereocenters. The summed E-state index contributed by atoms with van der Waals surface area (Å²) in [6.45, 7) is 1.73. The van der Waals surface area contributed by atoms with E-state index in [1.807, 2.05) is 0 Å². The number of nitrogens with one attached hydrogen (secondary N) is 1. The second-order valence-electron chi connectivity index (χ2n) is 4.39. The Balaban J connectivity index is 2.07. The van der Waals surface area contributed by atoms with E-state index in [-0.39, 0.29) is 13.2 Å². The van der Waals surface area contributed by atoms with Crippen LogP contribution in [0.4, 0.5) is 0 Å². The Kier molecular flexibility index (Phi) is 4.46. The van der Waals surface area contributed by atoms with Crippen LogP contribution in [0, 0.1) is 0 Å². The van der Waals surface area contributed by atoms with Crippen molar-refractivity contribution in [2.24, 2.45) is 4.99 Å². The van der Waals surface area contributed by atoms with Gasteiger partial charge in [0.15, 0.2) is 5.17 Å². The minimum absolute atomic E-state index is 0.0522. The van der Waals surface area contributed by atoms with Crippen LogP contribution in [0.2, 0.25) is 0 Å². The van der Waals surface area contributed by atoms with Gasteiger partial charge in [0.05, 0.1) is 25.3 Å². The van der Waals surface area contributed by atoms with E-state index in [0.29, 0.717) is 5.17 Å². The Bertz CT molecular complexity index is 327. The van der Waals surface area contributed by atoms with E-state index in [1.165, 1.54) is 18.7 Å². The van der Waals surface area contributed by atoms with Gasteiger partial charge >= 0.3 is 0 Å². The highest BCUT2D eigenvalue weighted by molar-refractivity contribution is 8.14. The Hall–Kier alpha value is -0.380. The minimum atomic E-state index is -1.14. The average Bonchev–Trinajstić information content (AvgIpc) is 2.74. The molecule has 0 spiro atoms. The van der Waals surface area contributed by atoms with Crippen LogP contribution in [0.15, 0.2) is 4.99 Å². The van der Waals surface area contributed by atoms with E-state index in [0.717, 1.165) is 0 Å². The van der Waals surface area contributed by atoms with Crippen LogP contribution in [0.1, 0.15) is 6.92 Å². The summed E-state index contributed by atoms with van der Waals surface area (Å²) >= 11 is 1.28. The Morgan fingerprint density at radius 1 is 1.44 bits per heavy atom. The first-order chi connectivity index (χ1) is 8.54. The third-order valence-electron chi connectivity index (χ3n) is 2.99. The maximum Gasteiger partial charge on any atom is 0.159 e. The van der Waals surface area contributed by atoms with Gasteiger partial charge in [0.25, 0.3) is 0 Å². The van der Waals surface area contributed by atoms with Crippen molar-refractivity contribution in [3.63, 3.8) is 0 Å². The molecule has 2 fully saturated rings. The number of ether oxygens (including phenoxy) is 1. The van der Waals surface area contributed by atoms with Crippen molar-refractivity contribution in [1.82, 2.24) is 5.32 Å². The molecule has 0 aromatic rings. The van der Waals surface area contributed by atoms with Crippen molar-refractivity contribution in [3.05, 3.63) is 0 Å². The van der Waals surface area contributed by atoms with Gasteiger partial charge in [-0.15, -0.1) is 0 Å². The van der Waals surface area contributed by atoms with E-state index in [2.05, 4.69) is 10.3 Å². The molecule has 0 aromatic carbocycles. The van der Waals surface area contributed by atoms with Crippen LogP contribution >= 0.6 is 11.8 Å². The monoisotopic (exact) mass is 278 g/mol. The zero-order valence-corrected chi connectivity index (χ0v) is 10.7. The molecule has 2 heterocycles. The first-order valence-electron chi connectivity index (χ1n) is 5.82. The van der Waals surface area contributed by atoms with Crippen molar-refractivity contribution < 1.29 is 25.2 Å². The summed E-state index contributed by atoms with van der Waals surface area (Å²) in [5.41, 5.74) is -0.402. The second kappa shape index (κ2) is 5.72. The molecule has 5 N–H and O–H groups in total. The molecule has 6 atom stereocenters. The predicted molar refractivity (Wildman–Crippen MR) is 66.3 cm³/mol. The first-order valence-corrected chi connectivity index (χ1v) is 6.70. The maximum absolute atomic E-state index is 9.99. The molecule has 18 heavy (non-hydrogen) atoms. The van der Waals surface area contributed by atoms with Crippen molar-refractivity contribution in [3.8, 4) is 0 Å². The first kappa shape index (κ1) is 14.0. The smallest absolute Gasteiger partial charge is 0.159 e. The van der Waals surface area contributed by atoms with Crippen LogP contribution in [0.3, 0.4) is 0 Å². The van der Waals surface area contributed by atoms with Gasteiger partial charge in [-0.05, 0) is 6.92 Å². The highest BCUT2D eigenvalue weighted by Crippen LogP contribution is 2.34. The summed E-state index contributed by atoms with van der Waals surface area (Å²) in [6.07, 6.45) is -3.85. The predicted octanol–water partition coefficient (Wildman–Crippen LogP) is -2.13. The quantitative estimate of drug-likeness (QED) is 0.400. The fraction of sp³-hybridized carbons (Fsp3) is 0.900. The SMILES string of the molecule is CC(O)C1OC2SC(=NCCO)NC2C(O)C1O. The zero-order valence-electron chi connectivity index (χ0n) is 9.93. The molecule has 0 aromatic heterocycles. The molecule has 0 bridgehead atoms. The number of nitrogens with zero attached hydrogens (tertiary/aromatic N) is 1. The number of hydrogen-bond acceptors (Lipinski definition) is 7. The van der Waals surface area contributed by atoms with Crippen LogP contribution in [0.25, 0.3) is 0 Å². The molecule has 2 aliphatic rings. The fourth-order valence-electron chi connectivity index (χ4n) is 2.06. The van der Waals surface area contributed by atoms with E-state index in [4.69, 9.17) is 9.84 Å². The summed E-state index contributed by atoms with van der Waals surface area (Å²) in [4.78, 5) is 4.08. The van der Waals surface area contributed by atoms with E-state index in [9.17, 15) is 15.3 Å². The third-order valence-corrected chi connectivity index (χ3v) is 4.09. The van der Waals surface area contributed by atoms with Gasteiger partial charge in [-0.1, -0.05) is 11.8 Å². The third kappa shape index (κ3) is 2.63. The van der Waals surface area contributed by atoms with Crippen molar-refractivity contribution in [2.45, 2.75) is 42.8 Å². The summed E-state index contributed by atoms with van der Waals surface area (Å²) in [7, 11) is 0. The van der Waals surface area contributed by atoms with Gasteiger partial charge in [-0.2, -0.15) is 0 Å². The molecule has 2 saturated heterocycles. The molecular formula is C10H18N2O5S. The Morgan fingerprint density at radius 3 is 2.78 bits per heavy atom. The van der Waals surface area contributed by atoms with Gasteiger partial charge in [-0.25, -0.2) is 0 Å². The number of aliphatic imine (C=N–C) groups is 1. The van der Waals surface area contributed by atoms with Crippen molar-refractivity contribution in [1.29, 1.82) is 0 Å². The normalized spacial score (nSPS) is 43.6. The molecule has 0 aliphatic carbocycles. The molecular weight excluding hydrogens is 260 g/mol. The van der Waals surface area contributed by atoms with Crippen LogP contribution in [-0.2, 0) is 4.74 Å². The summed E-state index contributed by atoms with van der Waals surface area (Å²) in [5.74, 6) is 0. The minimum Gasteiger partial charge on any atom is -0.394 e. The van der Waals surface area contributed by atoms with Crippen molar-refractivity contribution >= 4 is 16.9 Å². The molecule has 0 amide bonds. The number of thioether (sulfide) groups is 1. The van der Waals surface area contributed by atoms with E-state index in [1.54, 1.807) is 0 Å². The number of amidine groups is 1. The highest BCUT2D eigenvalue weighted by atomic mass is 32.2. The lowest BCUT2D eigenvalue weighted by atomic mass is 9.95. The number of fused-ring (bicyclic) bond motifs is 1. The summed E-state index contributed by atoms with van der Waals surface area (Å²) < 4.78 is 5.56. The topological polar surface area (TPSA) is 115 Å². The van der Waals surface area contributed by atoms with E-state index < -0.39 is 35.9 Å². The van der Waals surface area contributed by atoms with E-state index >= 15 is 0 Å². The molecule has 0 radical (unpaired) electrons. The largest absolute Gasteiger partial charge is 0.394 e. The van der Waals surface area contributed by atoms with Gasteiger partial charge in [0.2, 0.25) is 0 Å². The lowest BCUT2D eigenvalue weighted by Gasteiger charge is -2.40. The van der Waals surface area contributed by atoms with Gasteiger partial charge in [0, 0.05) is 0 Å². The number of aliphatic hydroxyl groups excluding tert-OH is 4. The summed E-state index contributed by atoms with van der Waals surface area (Å²) in [6, 6.07) is -0.461. The molecule has 7 nitrogen and oxygen atoms in total. The van der Waals surface area contributed by atoms with Crippen LogP contribution in [0.5, 0.6) is 0 Å². The lowest BCUT2D eigenvalue weighted by Crippen LogP contribution is -2.61. The molecule has 104 valence electrons. The summed E-state index contributed by atoms with van der Waals surface area (Å²) in [5, 5.41) is 41.6. The molecule has 0 saturated carbocycles. The zero-order chi connectivity index (χ0) is 13.3. The highest BCUT2D eigenvalue weighted by Gasteiger charge is 2.50. The molecule has 8 heteroatoms. The van der Waals surface area contributed by atoms with Crippen molar-refractivity contribution in [2.75, 3.05) is 13.2 Å². The number of rotatable bonds is 3. The fourth-order valence-corrected chi connectivity index (χ4v) is 3.21. The van der Waals surface area contributed by atoms with Gasteiger partial charge in [0.1, 0.15) is 23.7 Å². The van der Waals surface area contributed by atoms with Crippen LogP contribution in [-0.4, -0.2) is 74.6 Å². The number of aliphatic hydroxyl groups is 4. The second-order valence-corrected chi connectivity index (χ2v) is 5.48. The Morgan fingerprint density at radius 2 is 2.17 bits per heavy atom. The van der Waals surface area contributed by atoms with Gasteiger partial charge < -0.3 is 30.5 Å². The average molecular weight is 278 g/mol.